The number of halogens is 1. The van der Waals surface area contributed by atoms with Gasteiger partial charge in [0.15, 0.2) is 11.6 Å². The SMILES string of the molecule is CCCCOCCCNC(=O)c1ccnc(NC)c1F. The van der Waals surface area contributed by atoms with Gasteiger partial charge >= 0.3 is 0 Å². The Morgan fingerprint density at radius 3 is 2.85 bits per heavy atom. The summed E-state index contributed by atoms with van der Waals surface area (Å²) in [6.45, 7) is 3.91. The van der Waals surface area contributed by atoms with E-state index in [1.807, 2.05) is 0 Å². The standard InChI is InChI=1S/C14H22FN3O2/c1-3-4-9-20-10-5-7-18-14(19)11-6-8-17-13(16-2)12(11)15/h6,8H,3-5,7,9-10H2,1-2H3,(H,16,17)(H,18,19). The van der Waals surface area contributed by atoms with Crippen LogP contribution in [0.25, 0.3) is 0 Å². The number of carbonyl (C=O) groups excluding carboxylic acids is 1. The molecular formula is C14H22FN3O2. The van der Waals surface area contributed by atoms with Crippen LogP contribution >= 0.6 is 0 Å². The quantitative estimate of drug-likeness (QED) is 0.682. The Labute approximate surface area is 118 Å². The molecule has 0 saturated carbocycles. The van der Waals surface area contributed by atoms with Crippen LogP contribution in [0.15, 0.2) is 12.3 Å². The number of ether oxygens (including phenoxy) is 1. The van der Waals surface area contributed by atoms with Gasteiger partial charge in [-0.05, 0) is 18.9 Å². The van der Waals surface area contributed by atoms with Crippen molar-refractivity contribution >= 4 is 11.7 Å². The van der Waals surface area contributed by atoms with Crippen LogP contribution in [-0.2, 0) is 4.74 Å². The highest BCUT2D eigenvalue weighted by Gasteiger charge is 2.14. The van der Waals surface area contributed by atoms with E-state index in [2.05, 4.69) is 22.5 Å². The second-order valence-electron chi connectivity index (χ2n) is 4.35. The molecule has 0 atom stereocenters. The molecule has 0 radical (unpaired) electrons. The number of carbonyl (C=O) groups is 1. The number of unbranched alkanes of at least 4 members (excludes halogenated alkanes) is 1. The van der Waals surface area contributed by atoms with Crippen LogP contribution < -0.4 is 10.6 Å². The molecule has 1 aromatic heterocycles. The van der Waals surface area contributed by atoms with Crippen molar-refractivity contribution < 1.29 is 13.9 Å². The van der Waals surface area contributed by atoms with Gasteiger partial charge in [0.1, 0.15) is 0 Å². The van der Waals surface area contributed by atoms with Crippen LogP contribution in [0.3, 0.4) is 0 Å². The maximum atomic E-state index is 13.8. The van der Waals surface area contributed by atoms with E-state index in [0.717, 1.165) is 19.4 Å². The van der Waals surface area contributed by atoms with Crippen molar-refractivity contribution in [3.05, 3.63) is 23.6 Å². The van der Waals surface area contributed by atoms with Gasteiger partial charge in [-0.1, -0.05) is 13.3 Å². The van der Waals surface area contributed by atoms with E-state index < -0.39 is 11.7 Å². The molecule has 1 aromatic rings. The van der Waals surface area contributed by atoms with E-state index in [4.69, 9.17) is 4.74 Å². The highest BCUT2D eigenvalue weighted by molar-refractivity contribution is 5.95. The van der Waals surface area contributed by atoms with E-state index in [1.165, 1.54) is 12.3 Å². The van der Waals surface area contributed by atoms with Gasteiger partial charge in [-0.15, -0.1) is 0 Å². The minimum Gasteiger partial charge on any atom is -0.381 e. The molecule has 5 nitrogen and oxygen atoms in total. The molecule has 0 bridgehead atoms. The Morgan fingerprint density at radius 1 is 1.40 bits per heavy atom. The monoisotopic (exact) mass is 283 g/mol. The molecule has 0 aliphatic rings. The molecule has 0 unspecified atom stereocenters. The average molecular weight is 283 g/mol. The number of rotatable bonds is 9. The fourth-order valence-corrected chi connectivity index (χ4v) is 1.61. The summed E-state index contributed by atoms with van der Waals surface area (Å²) < 4.78 is 19.2. The number of nitrogens with zero attached hydrogens (tertiary/aromatic N) is 1. The lowest BCUT2D eigenvalue weighted by atomic mass is 10.2. The van der Waals surface area contributed by atoms with Crippen LogP contribution in [0.2, 0.25) is 0 Å². The lowest BCUT2D eigenvalue weighted by Gasteiger charge is -2.08. The number of nitrogens with one attached hydrogen (secondary N) is 2. The molecule has 112 valence electrons. The van der Waals surface area contributed by atoms with E-state index in [1.54, 1.807) is 7.05 Å². The van der Waals surface area contributed by atoms with Gasteiger partial charge in [-0.2, -0.15) is 0 Å². The number of amides is 1. The van der Waals surface area contributed by atoms with Crippen LogP contribution in [0.1, 0.15) is 36.5 Å². The molecule has 20 heavy (non-hydrogen) atoms. The molecule has 0 aliphatic carbocycles. The highest BCUT2D eigenvalue weighted by atomic mass is 19.1. The third-order valence-corrected chi connectivity index (χ3v) is 2.76. The number of anilines is 1. The van der Waals surface area contributed by atoms with Crippen LogP contribution in [0.4, 0.5) is 10.2 Å². The van der Waals surface area contributed by atoms with E-state index >= 15 is 0 Å². The van der Waals surface area contributed by atoms with Gasteiger partial charge in [0.2, 0.25) is 0 Å². The lowest BCUT2D eigenvalue weighted by Crippen LogP contribution is -2.26. The van der Waals surface area contributed by atoms with Gasteiger partial charge in [-0.25, -0.2) is 9.37 Å². The summed E-state index contributed by atoms with van der Waals surface area (Å²) in [5.74, 6) is -0.998. The Morgan fingerprint density at radius 2 is 2.15 bits per heavy atom. The highest BCUT2D eigenvalue weighted by Crippen LogP contribution is 2.13. The third-order valence-electron chi connectivity index (χ3n) is 2.76. The van der Waals surface area contributed by atoms with Crippen molar-refractivity contribution in [2.75, 3.05) is 32.1 Å². The van der Waals surface area contributed by atoms with Crippen molar-refractivity contribution in [2.45, 2.75) is 26.2 Å². The minimum atomic E-state index is -0.633. The molecule has 1 heterocycles. The second-order valence-corrected chi connectivity index (χ2v) is 4.35. The van der Waals surface area contributed by atoms with Gasteiger partial charge in [0, 0.05) is 33.0 Å². The summed E-state index contributed by atoms with van der Waals surface area (Å²) in [5.41, 5.74) is -0.00347. The first-order valence-electron chi connectivity index (χ1n) is 6.88. The van der Waals surface area contributed by atoms with Gasteiger partial charge in [-0.3, -0.25) is 4.79 Å². The largest absolute Gasteiger partial charge is 0.381 e. The number of hydrogen-bond donors (Lipinski definition) is 2. The maximum Gasteiger partial charge on any atom is 0.254 e. The van der Waals surface area contributed by atoms with E-state index in [0.29, 0.717) is 19.6 Å². The fourth-order valence-electron chi connectivity index (χ4n) is 1.61. The molecule has 0 saturated heterocycles. The smallest absolute Gasteiger partial charge is 0.254 e. The molecule has 1 rings (SSSR count). The van der Waals surface area contributed by atoms with Crippen molar-refractivity contribution in [2.24, 2.45) is 0 Å². The first-order valence-corrected chi connectivity index (χ1v) is 6.88. The Balaban J connectivity index is 2.33. The molecule has 0 fully saturated rings. The van der Waals surface area contributed by atoms with Crippen molar-refractivity contribution in [3.8, 4) is 0 Å². The zero-order valence-corrected chi connectivity index (χ0v) is 12.0. The molecule has 1 amide bonds. The van der Waals surface area contributed by atoms with E-state index in [9.17, 15) is 9.18 Å². The van der Waals surface area contributed by atoms with Crippen LogP contribution in [0.5, 0.6) is 0 Å². The normalized spacial score (nSPS) is 10.3. The van der Waals surface area contributed by atoms with Crippen molar-refractivity contribution in [1.29, 1.82) is 0 Å². The Bertz CT molecular complexity index is 427. The van der Waals surface area contributed by atoms with Gasteiger partial charge < -0.3 is 15.4 Å². The predicted octanol–water partition coefficient (Wildman–Crippen LogP) is 2.20. The summed E-state index contributed by atoms with van der Waals surface area (Å²) in [7, 11) is 1.56. The molecule has 2 N–H and O–H groups in total. The van der Waals surface area contributed by atoms with Crippen LogP contribution in [0, 0.1) is 5.82 Å². The third kappa shape index (κ3) is 5.13. The van der Waals surface area contributed by atoms with Crippen molar-refractivity contribution in [3.63, 3.8) is 0 Å². The predicted molar refractivity (Wildman–Crippen MR) is 76.4 cm³/mol. The zero-order chi connectivity index (χ0) is 14.8. The minimum absolute atomic E-state index is 0.00347. The summed E-state index contributed by atoms with van der Waals surface area (Å²) in [6, 6.07) is 1.36. The molecule has 6 heteroatoms. The summed E-state index contributed by atoms with van der Waals surface area (Å²) in [5, 5.41) is 5.27. The molecule has 0 spiro atoms. The molecule has 0 aliphatic heterocycles. The van der Waals surface area contributed by atoms with Crippen molar-refractivity contribution in [1.82, 2.24) is 10.3 Å². The first kappa shape index (κ1) is 16.4. The number of pyridine rings is 1. The fraction of sp³-hybridized carbons (Fsp3) is 0.571. The second kappa shape index (κ2) is 9.25. The zero-order valence-electron chi connectivity index (χ0n) is 12.0. The van der Waals surface area contributed by atoms with Gasteiger partial charge in [0.25, 0.3) is 5.91 Å². The first-order chi connectivity index (χ1) is 9.70. The Kier molecular flexibility index (Phi) is 7.57. The molecular weight excluding hydrogens is 261 g/mol. The summed E-state index contributed by atoms with van der Waals surface area (Å²) >= 11 is 0. The summed E-state index contributed by atoms with van der Waals surface area (Å²) in [4.78, 5) is 15.6. The van der Waals surface area contributed by atoms with Gasteiger partial charge in [0.05, 0.1) is 5.56 Å². The Hall–Kier alpha value is -1.69. The number of aromatic nitrogens is 1. The van der Waals surface area contributed by atoms with Crippen LogP contribution in [-0.4, -0.2) is 37.7 Å². The van der Waals surface area contributed by atoms with E-state index in [-0.39, 0.29) is 11.4 Å². The summed E-state index contributed by atoms with van der Waals surface area (Å²) in [6.07, 6.45) is 4.26. The average Bonchev–Trinajstić information content (AvgIpc) is 2.46. The molecule has 0 aromatic carbocycles. The lowest BCUT2D eigenvalue weighted by molar-refractivity contribution is 0.0936. The number of hydrogen-bond acceptors (Lipinski definition) is 4. The topological polar surface area (TPSA) is 63.2 Å². The maximum absolute atomic E-state index is 13.8.